The van der Waals surface area contributed by atoms with Gasteiger partial charge in [0.1, 0.15) is 23.0 Å². The highest BCUT2D eigenvalue weighted by molar-refractivity contribution is 14.1. The van der Waals surface area contributed by atoms with Gasteiger partial charge in [-0.3, -0.25) is 0 Å². The van der Waals surface area contributed by atoms with E-state index in [1.807, 2.05) is 0 Å². The van der Waals surface area contributed by atoms with E-state index in [4.69, 9.17) is 9.80 Å². The Labute approximate surface area is 53.3 Å². The molecule has 0 amide bonds. The summed E-state index contributed by atoms with van der Waals surface area (Å²) >= 11 is 1.12. The Kier molecular flexibility index (Phi) is 2.89. The third-order valence-electron chi connectivity index (χ3n) is 0.193. The molecule has 7 heavy (non-hydrogen) atoms. The summed E-state index contributed by atoms with van der Waals surface area (Å²) in [6.45, 7) is 0. The van der Waals surface area contributed by atoms with Crippen molar-refractivity contribution in [3.8, 4) is 0 Å². The van der Waals surface area contributed by atoms with Gasteiger partial charge in [-0.05, 0) is 0 Å². The second-order valence-electron chi connectivity index (χ2n) is 0.641. The summed E-state index contributed by atoms with van der Waals surface area (Å²) in [5, 5.41) is 0. The highest BCUT2D eigenvalue weighted by Gasteiger charge is 2.17. The Morgan fingerprint density at radius 1 is 1.86 bits per heavy atom. The van der Waals surface area contributed by atoms with Crippen molar-refractivity contribution in [2.24, 2.45) is 4.95 Å². The Morgan fingerprint density at radius 2 is 2.29 bits per heavy atom. The van der Waals surface area contributed by atoms with Crippen molar-refractivity contribution in [1.82, 2.24) is 0 Å². The molecule has 0 bridgehead atoms. The second-order valence-corrected chi connectivity index (χ2v) is 3.11. The number of nitroso groups, excluding NO2 is 1. The van der Waals surface area contributed by atoms with E-state index in [1.54, 1.807) is 4.95 Å². The first-order chi connectivity index (χ1) is 3.12. The second kappa shape index (κ2) is 2.71. The van der Waals surface area contributed by atoms with Crippen LogP contribution in [0.4, 0.5) is 0 Å². The van der Waals surface area contributed by atoms with Gasteiger partial charge < -0.3 is 4.89 Å². The molecule has 0 spiro atoms. The van der Waals surface area contributed by atoms with Crippen LogP contribution in [-0.4, -0.2) is 4.89 Å². The number of nitrogens with zero attached hydrogens (tertiary/aromatic N) is 1. The van der Waals surface area contributed by atoms with Gasteiger partial charge in [0, 0.05) is 4.95 Å². The van der Waals surface area contributed by atoms with Gasteiger partial charge in [0.05, 0.1) is 0 Å². The van der Waals surface area contributed by atoms with Crippen LogP contribution in [0, 0.1) is 4.91 Å². The van der Waals surface area contributed by atoms with E-state index in [0.717, 1.165) is 23.0 Å². The average molecular weight is 237 g/mol. The third kappa shape index (κ3) is 3.10. The van der Waals surface area contributed by atoms with E-state index in [-0.39, 0.29) is 0 Å². The summed E-state index contributed by atoms with van der Waals surface area (Å²) in [7, 11) is -4.10. The Balaban J connectivity index is 3.85. The molecule has 0 aromatic rings. The van der Waals surface area contributed by atoms with Crippen molar-refractivity contribution in [2.75, 3.05) is 0 Å². The van der Waals surface area contributed by atoms with Crippen molar-refractivity contribution in [1.29, 1.82) is 0 Å². The van der Waals surface area contributed by atoms with Gasteiger partial charge in [0.15, 0.2) is 0 Å². The lowest BCUT2D eigenvalue weighted by molar-refractivity contribution is 0.417. The van der Waals surface area contributed by atoms with Gasteiger partial charge in [-0.15, -0.1) is 4.91 Å². The van der Waals surface area contributed by atoms with Gasteiger partial charge in [0.25, 0.3) is 0 Å². The number of hydrogen-bond donors (Lipinski definition) is 1. The van der Waals surface area contributed by atoms with Gasteiger partial charge >= 0.3 is 7.75 Å². The standard InChI is InChI=1S/HINO4P/c1-6-7(4,5)2-3/h(H,4,5). The molecule has 0 aliphatic rings. The Bertz CT molecular complexity index is 110. The maximum absolute atomic E-state index is 9.80. The van der Waals surface area contributed by atoms with Crippen molar-refractivity contribution in [3.05, 3.63) is 4.91 Å². The van der Waals surface area contributed by atoms with Crippen LogP contribution >= 0.6 is 30.8 Å². The zero-order valence-corrected chi connectivity index (χ0v) is 6.00. The molecular formula is HINO4P. The largest absolute Gasteiger partial charge is 0.496 e. The normalized spacial score (nSPS) is 18.0. The molecule has 0 fully saturated rings. The van der Waals surface area contributed by atoms with Crippen LogP contribution in [0.15, 0.2) is 4.95 Å². The SMILES string of the molecule is O=NP(=O)(O)OI. The maximum Gasteiger partial charge on any atom is 0.496 e. The van der Waals surface area contributed by atoms with Crippen molar-refractivity contribution in [3.63, 3.8) is 0 Å². The zero-order chi connectivity index (χ0) is 5.91. The zero-order valence-electron chi connectivity index (χ0n) is 2.94. The monoisotopic (exact) mass is 237 g/mol. The van der Waals surface area contributed by atoms with Crippen LogP contribution in [-0.2, 0) is 7.42 Å². The lowest BCUT2D eigenvalue weighted by atomic mass is 13.7. The highest BCUT2D eigenvalue weighted by atomic mass is 127. The molecule has 0 rings (SSSR count). The molecule has 1 unspecified atom stereocenters. The minimum Gasteiger partial charge on any atom is -0.304 e. The first-order valence-electron chi connectivity index (χ1n) is 1.10. The summed E-state index contributed by atoms with van der Waals surface area (Å²) in [5.74, 6) is 0. The quantitative estimate of drug-likeness (QED) is 0.445. The first kappa shape index (κ1) is 7.48. The van der Waals surface area contributed by atoms with Crippen LogP contribution in [0.1, 0.15) is 0 Å². The summed E-state index contributed by atoms with van der Waals surface area (Å²) in [6.07, 6.45) is 0. The van der Waals surface area contributed by atoms with Gasteiger partial charge in [-0.1, -0.05) is 0 Å². The molecule has 5 nitrogen and oxygen atoms in total. The van der Waals surface area contributed by atoms with E-state index in [1.165, 1.54) is 0 Å². The lowest BCUT2D eigenvalue weighted by Gasteiger charge is -1.89. The topological polar surface area (TPSA) is 76.0 Å². The van der Waals surface area contributed by atoms with Crippen LogP contribution in [0.3, 0.4) is 0 Å². The van der Waals surface area contributed by atoms with E-state index in [9.17, 15) is 4.57 Å². The minimum atomic E-state index is -4.10. The average Bonchev–Trinajstić information content (AvgIpc) is 1.68. The van der Waals surface area contributed by atoms with Gasteiger partial charge in [0.2, 0.25) is 0 Å². The molecule has 0 aromatic heterocycles. The summed E-state index contributed by atoms with van der Waals surface area (Å²) in [5.41, 5.74) is 0. The van der Waals surface area contributed by atoms with Crippen molar-refractivity contribution in [2.45, 2.75) is 0 Å². The van der Waals surface area contributed by atoms with Crippen LogP contribution in [0.25, 0.3) is 0 Å². The van der Waals surface area contributed by atoms with Crippen molar-refractivity contribution >= 4 is 30.8 Å². The Morgan fingerprint density at radius 3 is 2.29 bits per heavy atom. The number of hydrogen-bond acceptors (Lipinski definition) is 3. The molecular weight excluding hydrogens is 236 g/mol. The number of halogens is 1. The molecule has 7 heteroatoms. The number of rotatable bonds is 2. The van der Waals surface area contributed by atoms with Gasteiger partial charge in [-0.2, -0.15) is 0 Å². The molecule has 0 saturated carbocycles. The minimum absolute atomic E-state index is 1.12. The third-order valence-corrected chi connectivity index (χ3v) is 2.12. The van der Waals surface area contributed by atoms with Crippen LogP contribution in [0.2, 0.25) is 0 Å². The lowest BCUT2D eigenvalue weighted by Crippen LogP contribution is -1.66. The van der Waals surface area contributed by atoms with E-state index >= 15 is 0 Å². The highest BCUT2D eigenvalue weighted by Crippen LogP contribution is 2.45. The molecule has 1 atom stereocenters. The van der Waals surface area contributed by atoms with Gasteiger partial charge in [-0.25, -0.2) is 7.42 Å². The first-order valence-corrected chi connectivity index (χ1v) is 3.51. The van der Waals surface area contributed by atoms with E-state index in [2.05, 4.69) is 2.85 Å². The summed E-state index contributed by atoms with van der Waals surface area (Å²) in [4.78, 5) is 18.9. The molecule has 0 heterocycles. The molecule has 42 valence electrons. The predicted octanol–water partition coefficient (Wildman–Crippen LogP) is 1.22. The molecule has 0 radical (unpaired) electrons. The van der Waals surface area contributed by atoms with E-state index in [0.29, 0.717) is 0 Å². The molecule has 0 aliphatic carbocycles. The molecule has 0 aromatic carbocycles. The molecule has 0 saturated heterocycles. The smallest absolute Gasteiger partial charge is 0.304 e. The molecule has 0 aliphatic heterocycles. The van der Waals surface area contributed by atoms with Crippen LogP contribution in [0.5, 0.6) is 0 Å². The Hall–Kier alpha value is 0.480. The molecule has 1 N–H and O–H groups in total. The van der Waals surface area contributed by atoms with Crippen LogP contribution < -0.4 is 0 Å². The fraction of sp³-hybridized carbons (Fsp3) is 0. The van der Waals surface area contributed by atoms with Crippen molar-refractivity contribution < 1.29 is 12.3 Å². The fourth-order valence-electron chi connectivity index (χ4n) is 0.0126. The summed E-state index contributed by atoms with van der Waals surface area (Å²) in [6, 6.07) is 0. The van der Waals surface area contributed by atoms with E-state index < -0.39 is 7.75 Å². The fourth-order valence-corrected chi connectivity index (χ4v) is 0.254. The maximum atomic E-state index is 9.80. The summed E-state index contributed by atoms with van der Waals surface area (Å²) < 4.78 is 13.5. The predicted molar refractivity (Wildman–Crippen MR) is 30.7 cm³/mol.